The fourth-order valence-electron chi connectivity index (χ4n) is 1.99. The molecule has 19 heavy (non-hydrogen) atoms. The second-order valence-electron chi connectivity index (χ2n) is 4.51. The van der Waals surface area contributed by atoms with Crippen LogP contribution in [0.4, 0.5) is 4.79 Å². The normalized spacial score (nSPS) is 20.8. The Morgan fingerprint density at radius 3 is 2.53 bits per heavy atom. The fraction of sp³-hybridized carbons (Fsp3) is 0.636. The number of urea groups is 1. The molecule has 0 spiro atoms. The van der Waals surface area contributed by atoms with Crippen molar-refractivity contribution in [3.8, 4) is 0 Å². The zero-order valence-electron chi connectivity index (χ0n) is 10.8. The van der Waals surface area contributed by atoms with E-state index in [0.717, 1.165) is 4.90 Å². The quantitative estimate of drug-likeness (QED) is 0.707. The van der Waals surface area contributed by atoms with E-state index in [9.17, 15) is 18.0 Å². The van der Waals surface area contributed by atoms with Crippen LogP contribution in [0.2, 0.25) is 0 Å². The lowest BCUT2D eigenvalue weighted by molar-refractivity contribution is -0.137. The maximum absolute atomic E-state index is 12.1. The highest BCUT2D eigenvalue weighted by Crippen LogP contribution is 2.17. The molecule has 1 atom stereocenters. The van der Waals surface area contributed by atoms with Crippen molar-refractivity contribution in [1.29, 1.82) is 0 Å². The van der Waals surface area contributed by atoms with E-state index in [1.807, 2.05) is 0 Å². The first-order chi connectivity index (χ1) is 8.76. The van der Waals surface area contributed by atoms with Crippen LogP contribution in [0.15, 0.2) is 12.7 Å². The smallest absolute Gasteiger partial charge is 0.323 e. The van der Waals surface area contributed by atoms with Gasteiger partial charge in [-0.05, 0) is 6.42 Å². The number of carboxylic acids is 1. The van der Waals surface area contributed by atoms with E-state index < -0.39 is 34.4 Å². The molecule has 1 aliphatic rings. The van der Waals surface area contributed by atoms with Crippen LogP contribution in [-0.2, 0) is 14.6 Å². The molecule has 0 radical (unpaired) electrons. The summed E-state index contributed by atoms with van der Waals surface area (Å²) in [6.45, 7) is 3.14. The predicted molar refractivity (Wildman–Crippen MR) is 69.6 cm³/mol. The number of sulfone groups is 1. The third-order valence-electron chi connectivity index (χ3n) is 3.00. The van der Waals surface area contributed by atoms with Crippen molar-refractivity contribution in [2.24, 2.45) is 0 Å². The van der Waals surface area contributed by atoms with Crippen LogP contribution < -0.4 is 0 Å². The Morgan fingerprint density at radius 2 is 2.11 bits per heavy atom. The van der Waals surface area contributed by atoms with E-state index in [4.69, 9.17) is 5.11 Å². The predicted octanol–water partition coefficient (Wildman–Crippen LogP) is -0.202. The van der Waals surface area contributed by atoms with Gasteiger partial charge in [-0.3, -0.25) is 4.79 Å². The van der Waals surface area contributed by atoms with Gasteiger partial charge in [0.25, 0.3) is 0 Å². The summed E-state index contributed by atoms with van der Waals surface area (Å²) in [7, 11) is -1.59. The number of nitrogens with zero attached hydrogens (tertiary/aromatic N) is 2. The Bertz CT molecular complexity index is 473. The largest absolute Gasteiger partial charge is 0.480 e. The van der Waals surface area contributed by atoms with Crippen LogP contribution in [0.25, 0.3) is 0 Å². The molecule has 2 amide bonds. The molecule has 0 aromatic rings. The molecule has 0 bridgehead atoms. The minimum atomic E-state index is -3.08. The minimum absolute atomic E-state index is 0.0652. The van der Waals surface area contributed by atoms with Crippen molar-refractivity contribution >= 4 is 21.8 Å². The van der Waals surface area contributed by atoms with Crippen molar-refractivity contribution in [2.75, 3.05) is 31.6 Å². The average Bonchev–Trinajstić information content (AvgIpc) is 2.66. The van der Waals surface area contributed by atoms with Crippen molar-refractivity contribution in [2.45, 2.75) is 12.5 Å². The number of carbonyl (C=O) groups excluding carboxylic acids is 1. The van der Waals surface area contributed by atoms with Gasteiger partial charge in [0.2, 0.25) is 0 Å². The van der Waals surface area contributed by atoms with Crippen LogP contribution in [0.5, 0.6) is 0 Å². The van der Waals surface area contributed by atoms with E-state index in [1.54, 1.807) is 0 Å². The summed E-state index contributed by atoms with van der Waals surface area (Å²) in [5.41, 5.74) is 0. The third-order valence-corrected chi connectivity index (χ3v) is 4.75. The standard InChI is InChI=1S/C11H18N2O5S/c1-3-5-13(7-10(14)15)11(16)12(2)9-4-6-19(17,18)8-9/h3,9H,1,4-8H2,2H3,(H,14,15). The van der Waals surface area contributed by atoms with Gasteiger partial charge in [0.1, 0.15) is 6.54 Å². The van der Waals surface area contributed by atoms with E-state index >= 15 is 0 Å². The number of aliphatic carboxylic acids is 1. The second-order valence-corrected chi connectivity index (χ2v) is 6.74. The molecule has 1 heterocycles. The molecular weight excluding hydrogens is 272 g/mol. The Morgan fingerprint density at radius 1 is 1.47 bits per heavy atom. The van der Waals surface area contributed by atoms with Crippen molar-refractivity contribution in [3.63, 3.8) is 0 Å². The van der Waals surface area contributed by atoms with Gasteiger partial charge < -0.3 is 14.9 Å². The van der Waals surface area contributed by atoms with Crippen LogP contribution >= 0.6 is 0 Å². The number of amides is 2. The average molecular weight is 290 g/mol. The first-order valence-corrected chi connectivity index (χ1v) is 7.64. The van der Waals surface area contributed by atoms with Crippen LogP contribution in [-0.4, -0.2) is 73.0 Å². The van der Waals surface area contributed by atoms with Crippen LogP contribution in [0.1, 0.15) is 6.42 Å². The van der Waals surface area contributed by atoms with E-state index in [-0.39, 0.29) is 18.1 Å². The number of rotatable bonds is 5. The highest BCUT2D eigenvalue weighted by Gasteiger charge is 2.34. The molecule has 1 rings (SSSR count). The molecule has 1 aliphatic heterocycles. The molecule has 1 N–H and O–H groups in total. The molecule has 108 valence electrons. The number of carboxylic acid groups (broad SMARTS) is 1. The van der Waals surface area contributed by atoms with Crippen LogP contribution in [0, 0.1) is 0 Å². The Hall–Kier alpha value is -1.57. The van der Waals surface area contributed by atoms with Gasteiger partial charge in [-0.15, -0.1) is 6.58 Å². The summed E-state index contributed by atoms with van der Waals surface area (Å²) < 4.78 is 22.8. The van der Waals surface area contributed by atoms with Gasteiger partial charge in [0.05, 0.1) is 11.5 Å². The second kappa shape index (κ2) is 6.05. The van der Waals surface area contributed by atoms with Gasteiger partial charge in [0.15, 0.2) is 9.84 Å². The summed E-state index contributed by atoms with van der Waals surface area (Å²) in [5, 5.41) is 8.75. The summed E-state index contributed by atoms with van der Waals surface area (Å²) in [4.78, 5) is 25.2. The molecule has 8 heteroatoms. The summed E-state index contributed by atoms with van der Waals surface area (Å²) >= 11 is 0. The summed E-state index contributed by atoms with van der Waals surface area (Å²) in [5.74, 6) is -1.12. The van der Waals surface area contributed by atoms with Crippen molar-refractivity contribution in [3.05, 3.63) is 12.7 Å². The number of hydrogen-bond acceptors (Lipinski definition) is 4. The third kappa shape index (κ3) is 4.23. The number of hydrogen-bond donors (Lipinski definition) is 1. The number of carbonyl (C=O) groups is 2. The molecule has 1 unspecified atom stereocenters. The fourth-order valence-corrected chi connectivity index (χ4v) is 3.76. The summed E-state index contributed by atoms with van der Waals surface area (Å²) in [6.07, 6.45) is 1.82. The van der Waals surface area contributed by atoms with Gasteiger partial charge in [-0.2, -0.15) is 0 Å². The van der Waals surface area contributed by atoms with Gasteiger partial charge in [0, 0.05) is 19.6 Å². The maximum Gasteiger partial charge on any atom is 0.323 e. The highest BCUT2D eigenvalue weighted by atomic mass is 32.2. The highest BCUT2D eigenvalue weighted by molar-refractivity contribution is 7.91. The molecule has 0 aromatic carbocycles. The van der Waals surface area contributed by atoms with Gasteiger partial charge >= 0.3 is 12.0 Å². The topological polar surface area (TPSA) is 95.0 Å². The lowest BCUT2D eigenvalue weighted by Gasteiger charge is -2.29. The molecule has 1 fully saturated rings. The SMILES string of the molecule is C=CCN(CC(=O)O)C(=O)N(C)C1CCS(=O)(=O)C1. The summed E-state index contributed by atoms with van der Waals surface area (Å²) in [6, 6.07) is -0.886. The molecular formula is C11H18N2O5S. The molecule has 0 saturated carbocycles. The van der Waals surface area contributed by atoms with E-state index in [1.165, 1.54) is 18.0 Å². The monoisotopic (exact) mass is 290 g/mol. The van der Waals surface area contributed by atoms with E-state index in [2.05, 4.69) is 6.58 Å². The van der Waals surface area contributed by atoms with Crippen molar-refractivity contribution < 1.29 is 23.1 Å². The first-order valence-electron chi connectivity index (χ1n) is 5.81. The van der Waals surface area contributed by atoms with Crippen LogP contribution in [0.3, 0.4) is 0 Å². The van der Waals surface area contributed by atoms with Gasteiger partial charge in [-0.1, -0.05) is 6.08 Å². The Balaban J connectivity index is 2.73. The molecule has 0 aliphatic carbocycles. The minimum Gasteiger partial charge on any atom is -0.480 e. The van der Waals surface area contributed by atoms with E-state index in [0.29, 0.717) is 6.42 Å². The first kappa shape index (κ1) is 15.5. The zero-order chi connectivity index (χ0) is 14.6. The molecule has 0 aromatic heterocycles. The molecule has 7 nitrogen and oxygen atoms in total. The van der Waals surface area contributed by atoms with Gasteiger partial charge in [-0.25, -0.2) is 13.2 Å². The zero-order valence-corrected chi connectivity index (χ0v) is 11.6. The lowest BCUT2D eigenvalue weighted by atomic mass is 10.2. The van der Waals surface area contributed by atoms with Crippen molar-refractivity contribution in [1.82, 2.24) is 9.80 Å². The lowest BCUT2D eigenvalue weighted by Crippen LogP contribution is -2.48. The Kier molecular flexibility index (Phi) is 4.93. The molecule has 1 saturated heterocycles. The Labute approximate surface area is 112 Å². The maximum atomic E-state index is 12.1.